The molecule has 0 aromatic carbocycles. The highest BCUT2D eigenvalue weighted by Crippen LogP contribution is 2.74. The van der Waals surface area contributed by atoms with Gasteiger partial charge in [-0.05, 0) is 104 Å². The van der Waals surface area contributed by atoms with Crippen molar-refractivity contribution < 1.29 is 47.3 Å². The summed E-state index contributed by atoms with van der Waals surface area (Å²) < 4.78 is 34.4. The molecule has 1 N–H and O–H groups in total. The van der Waals surface area contributed by atoms with Crippen LogP contribution < -0.4 is 0 Å². The average Bonchev–Trinajstić information content (AvgIpc) is 3.51. The predicted molar refractivity (Wildman–Crippen MR) is 169 cm³/mol. The third-order valence-corrected chi connectivity index (χ3v) is 13.6. The number of epoxide rings is 1. The Morgan fingerprint density at radius 2 is 1.75 bits per heavy atom. The molecular formula is C38H44O10. The van der Waals surface area contributed by atoms with Crippen molar-refractivity contribution in [2.24, 2.45) is 40.4 Å². The summed E-state index contributed by atoms with van der Waals surface area (Å²) in [7, 11) is 0. The lowest BCUT2D eigenvalue weighted by atomic mass is 9.44. The molecule has 12 atom stereocenters. The van der Waals surface area contributed by atoms with Gasteiger partial charge in [-0.1, -0.05) is 32.4 Å². The third kappa shape index (κ3) is 4.47. The summed E-state index contributed by atoms with van der Waals surface area (Å²) in [5.41, 5.74) is -0.0244. The Labute approximate surface area is 279 Å². The zero-order chi connectivity index (χ0) is 33.6. The van der Waals surface area contributed by atoms with Gasteiger partial charge in [0.15, 0.2) is 6.10 Å². The first kappa shape index (κ1) is 31.6. The molecule has 256 valence electrons. The Morgan fingerprint density at radius 3 is 2.44 bits per heavy atom. The van der Waals surface area contributed by atoms with E-state index >= 15 is 0 Å². The Kier molecular flexibility index (Phi) is 7.38. The number of furan rings is 2. The lowest BCUT2D eigenvalue weighted by molar-refractivity contribution is -0.158. The summed E-state index contributed by atoms with van der Waals surface area (Å²) in [5, 5.41) is 11.6. The van der Waals surface area contributed by atoms with Gasteiger partial charge in [0, 0.05) is 11.8 Å². The predicted octanol–water partition coefficient (Wildman–Crippen LogP) is 6.06. The standard InChI is InChI=1S/C38H44O10/c1-20-17-29(46-33(40)23(20)19-45-34(41)27-7-5-15-43-27)21(2)24-9-10-25-22-18-32-38(48-32)31(47-35(42)28-8-6-16-44-28)12-11-30(39)37(38,4)26(22)13-14-36(24,25)3/h5-8,11-12,15-16,21-22,24-26,29-32,39H,9-10,13-14,17-19H2,1-4H3/t21-,22-,24+,25-,26-,29+,30?,31-,32+,36+,37-,38+/m0/s1. The van der Waals surface area contributed by atoms with Gasteiger partial charge in [-0.25, -0.2) is 14.4 Å². The lowest BCUT2D eigenvalue weighted by Crippen LogP contribution is -2.65. The maximum atomic E-state index is 13.2. The summed E-state index contributed by atoms with van der Waals surface area (Å²) in [6.45, 7) is 8.57. The number of aliphatic hydroxyl groups excluding tert-OH is 1. The average molecular weight is 661 g/mol. The van der Waals surface area contributed by atoms with Gasteiger partial charge in [-0.15, -0.1) is 0 Å². The normalized spacial score (nSPS) is 41.7. The topological polar surface area (TPSA) is 138 Å². The van der Waals surface area contributed by atoms with Gasteiger partial charge in [0.05, 0.1) is 30.3 Å². The van der Waals surface area contributed by atoms with Gasteiger partial charge in [0.25, 0.3) is 0 Å². The number of cyclic esters (lactones) is 1. The van der Waals surface area contributed by atoms with Crippen LogP contribution in [0.5, 0.6) is 0 Å². The highest BCUT2D eigenvalue weighted by atomic mass is 16.7. The Balaban J connectivity index is 0.975. The van der Waals surface area contributed by atoms with Gasteiger partial charge in [0.1, 0.15) is 18.3 Å². The first-order chi connectivity index (χ1) is 23.0. The van der Waals surface area contributed by atoms with Crippen LogP contribution in [0, 0.1) is 40.4 Å². The fourth-order valence-corrected chi connectivity index (χ4v) is 11.1. The molecule has 1 saturated heterocycles. The van der Waals surface area contributed by atoms with Crippen molar-refractivity contribution in [1.29, 1.82) is 0 Å². The SMILES string of the molecule is CC1=C(COC(=O)c2ccco2)C(=O)O[C@@H]([C@@H](C)[C@H]2CC[C@H]3[C@@H]4C[C@H]5O[C@]56[C@@H](OC(=O)c5ccco5)C=CC(O)[C@]6(C)[C@H]4CC[C@]23C)C1. The van der Waals surface area contributed by atoms with E-state index in [9.17, 15) is 19.5 Å². The first-order valence-electron chi connectivity index (χ1n) is 17.4. The first-order valence-corrected chi connectivity index (χ1v) is 17.4. The van der Waals surface area contributed by atoms with Gasteiger partial charge in [-0.2, -0.15) is 0 Å². The van der Waals surface area contributed by atoms with E-state index in [0.29, 0.717) is 29.7 Å². The van der Waals surface area contributed by atoms with Crippen molar-refractivity contribution in [3.05, 3.63) is 71.6 Å². The number of aliphatic hydroxyl groups is 1. The van der Waals surface area contributed by atoms with Crippen molar-refractivity contribution >= 4 is 17.9 Å². The molecule has 0 amide bonds. The van der Waals surface area contributed by atoms with Crippen molar-refractivity contribution in [1.82, 2.24) is 0 Å². The number of ether oxygens (including phenoxy) is 4. The number of rotatable bonds is 7. The molecule has 3 saturated carbocycles. The second-order valence-electron chi connectivity index (χ2n) is 15.5. The van der Waals surface area contributed by atoms with Crippen LogP contribution in [0.15, 0.2) is 68.9 Å². The van der Waals surface area contributed by atoms with E-state index in [0.717, 1.165) is 37.7 Å². The number of carbonyl (C=O) groups excluding carboxylic acids is 3. The summed E-state index contributed by atoms with van der Waals surface area (Å²) in [6, 6.07) is 6.39. The molecule has 1 unspecified atom stereocenters. The summed E-state index contributed by atoms with van der Waals surface area (Å²) in [6.07, 6.45) is 10.3. The molecule has 10 heteroatoms. The fourth-order valence-electron chi connectivity index (χ4n) is 11.1. The van der Waals surface area contributed by atoms with Crippen LogP contribution in [0.3, 0.4) is 0 Å². The van der Waals surface area contributed by atoms with E-state index in [-0.39, 0.29) is 47.6 Å². The maximum absolute atomic E-state index is 13.2. The van der Waals surface area contributed by atoms with Crippen LogP contribution in [-0.2, 0) is 23.7 Å². The van der Waals surface area contributed by atoms with E-state index < -0.39 is 41.1 Å². The van der Waals surface area contributed by atoms with Gasteiger partial charge in [-0.3, -0.25) is 0 Å². The van der Waals surface area contributed by atoms with Crippen LogP contribution in [-0.4, -0.2) is 59.6 Å². The number of carbonyl (C=O) groups is 3. The molecule has 4 heterocycles. The monoisotopic (exact) mass is 660 g/mol. The molecule has 1 spiro atoms. The van der Waals surface area contributed by atoms with E-state index in [4.69, 9.17) is 27.8 Å². The molecule has 4 aliphatic carbocycles. The Hall–Kier alpha value is -3.63. The largest absolute Gasteiger partial charge is 0.458 e. The van der Waals surface area contributed by atoms with E-state index in [1.807, 2.05) is 6.92 Å². The Morgan fingerprint density at radius 1 is 1.02 bits per heavy atom. The molecule has 6 aliphatic rings. The zero-order valence-corrected chi connectivity index (χ0v) is 27.9. The second-order valence-corrected chi connectivity index (χ2v) is 15.5. The molecule has 8 rings (SSSR count). The smallest absolute Gasteiger partial charge is 0.374 e. The fraction of sp³-hybridized carbons (Fsp3) is 0.605. The molecule has 2 aromatic rings. The highest BCUT2D eigenvalue weighted by Gasteiger charge is 2.81. The van der Waals surface area contributed by atoms with Crippen molar-refractivity contribution in [2.75, 3.05) is 6.61 Å². The molecule has 10 nitrogen and oxygen atoms in total. The zero-order valence-electron chi connectivity index (χ0n) is 27.9. The molecule has 0 radical (unpaired) electrons. The molecule has 48 heavy (non-hydrogen) atoms. The van der Waals surface area contributed by atoms with E-state index in [2.05, 4.69) is 20.8 Å². The summed E-state index contributed by atoms with van der Waals surface area (Å²) in [5.74, 6) is 0.200. The summed E-state index contributed by atoms with van der Waals surface area (Å²) >= 11 is 0. The second kappa shape index (κ2) is 11.2. The minimum atomic E-state index is -0.756. The summed E-state index contributed by atoms with van der Waals surface area (Å²) in [4.78, 5) is 38.4. The number of fused-ring (bicyclic) bond motifs is 4. The molecular weight excluding hydrogens is 616 g/mol. The third-order valence-electron chi connectivity index (χ3n) is 13.6. The molecule has 2 aliphatic heterocycles. The minimum absolute atomic E-state index is 0.0509. The van der Waals surface area contributed by atoms with Gasteiger partial charge >= 0.3 is 17.9 Å². The van der Waals surface area contributed by atoms with Gasteiger partial charge < -0.3 is 32.9 Å². The minimum Gasteiger partial charge on any atom is -0.458 e. The van der Waals surface area contributed by atoms with E-state index in [1.165, 1.54) is 18.6 Å². The van der Waals surface area contributed by atoms with Crippen LogP contribution in [0.4, 0.5) is 0 Å². The molecule has 4 fully saturated rings. The maximum Gasteiger partial charge on any atom is 0.374 e. The van der Waals surface area contributed by atoms with Crippen molar-refractivity contribution in [2.45, 2.75) is 96.2 Å². The van der Waals surface area contributed by atoms with E-state index in [1.54, 1.807) is 30.4 Å². The lowest BCUT2D eigenvalue weighted by Gasteiger charge is -2.60. The number of hydrogen-bond donors (Lipinski definition) is 1. The number of hydrogen-bond acceptors (Lipinski definition) is 10. The highest BCUT2D eigenvalue weighted by molar-refractivity contribution is 5.92. The van der Waals surface area contributed by atoms with Gasteiger partial charge in [0.2, 0.25) is 11.5 Å². The Bertz CT molecular complexity index is 1660. The van der Waals surface area contributed by atoms with Crippen molar-refractivity contribution in [3.8, 4) is 0 Å². The van der Waals surface area contributed by atoms with Crippen molar-refractivity contribution in [3.63, 3.8) is 0 Å². The van der Waals surface area contributed by atoms with Crippen LogP contribution >= 0.6 is 0 Å². The van der Waals surface area contributed by atoms with Crippen LogP contribution in [0.25, 0.3) is 0 Å². The quantitative estimate of drug-likeness (QED) is 0.161. The number of esters is 3. The van der Waals surface area contributed by atoms with Crippen LogP contribution in [0.2, 0.25) is 0 Å². The molecule has 2 aromatic heterocycles. The molecule has 0 bridgehead atoms. The van der Waals surface area contributed by atoms with Crippen LogP contribution in [0.1, 0.15) is 87.3 Å².